The van der Waals surface area contributed by atoms with E-state index in [-0.39, 0.29) is 18.6 Å². The first-order valence-corrected chi connectivity index (χ1v) is 12.0. The van der Waals surface area contributed by atoms with Gasteiger partial charge >= 0.3 is 0 Å². The molecule has 0 spiro atoms. The lowest BCUT2D eigenvalue weighted by atomic mass is 9.80. The van der Waals surface area contributed by atoms with Gasteiger partial charge in [-0.05, 0) is 39.8 Å². The largest absolute Gasteiger partial charge is 0.388 e. The first-order chi connectivity index (χ1) is 16.0. The number of aliphatic hydroxyl groups is 6. The van der Waals surface area contributed by atoms with Gasteiger partial charge in [0.1, 0.15) is 42.2 Å². The van der Waals surface area contributed by atoms with Crippen molar-refractivity contribution in [3.63, 3.8) is 0 Å². The molecule has 8 N–H and O–H groups in total. The third kappa shape index (κ3) is 5.43. The van der Waals surface area contributed by atoms with Crippen molar-refractivity contribution in [3.05, 3.63) is 0 Å². The van der Waals surface area contributed by atoms with Crippen LogP contribution in [0.4, 0.5) is 0 Å². The molecule has 2 saturated heterocycles. The number of hydrogen-bond acceptors (Lipinski definition) is 12. The zero-order chi connectivity index (χ0) is 25.4. The highest BCUT2D eigenvalue weighted by Crippen LogP contribution is 2.35. The average Bonchev–Trinajstić information content (AvgIpc) is 2.79. The zero-order valence-electron chi connectivity index (χ0n) is 20.4. The van der Waals surface area contributed by atoms with Crippen LogP contribution >= 0.6 is 0 Å². The summed E-state index contributed by atoms with van der Waals surface area (Å²) in [5.74, 6) is -0.185. The minimum absolute atomic E-state index is 0.0790. The average molecular weight is 495 g/mol. The van der Waals surface area contributed by atoms with Crippen molar-refractivity contribution < 1.29 is 49.6 Å². The number of likely N-dealkylation sites (N-methyl/N-ethyl adjacent to an activating group) is 2. The molecule has 14 atom stereocenters. The Bertz CT molecular complexity index is 655. The first-order valence-electron chi connectivity index (χ1n) is 12.0. The Labute approximate surface area is 200 Å². The fourth-order valence-electron chi connectivity index (χ4n) is 5.34. The molecule has 12 nitrogen and oxygen atoms in total. The molecular weight excluding hydrogens is 452 g/mol. The summed E-state index contributed by atoms with van der Waals surface area (Å²) in [7, 11) is 3.35. The molecule has 1 saturated carbocycles. The van der Waals surface area contributed by atoms with E-state index in [2.05, 4.69) is 10.6 Å². The van der Waals surface area contributed by atoms with Gasteiger partial charge in [0, 0.05) is 6.04 Å². The number of rotatable bonds is 7. The highest BCUT2D eigenvalue weighted by Gasteiger charge is 2.52. The quantitative estimate of drug-likeness (QED) is 0.180. The maximum atomic E-state index is 11.3. The molecule has 0 aromatic heterocycles. The van der Waals surface area contributed by atoms with Crippen LogP contribution in [0.2, 0.25) is 0 Å². The van der Waals surface area contributed by atoms with Gasteiger partial charge in [-0.3, -0.25) is 0 Å². The Kier molecular flexibility index (Phi) is 9.32. The second kappa shape index (κ2) is 11.3. The van der Waals surface area contributed by atoms with Crippen molar-refractivity contribution in [2.75, 3.05) is 20.7 Å². The molecule has 34 heavy (non-hydrogen) atoms. The van der Waals surface area contributed by atoms with Gasteiger partial charge in [0.2, 0.25) is 0 Å². The lowest BCUT2D eigenvalue weighted by molar-refractivity contribution is -0.335. The molecule has 2 heterocycles. The summed E-state index contributed by atoms with van der Waals surface area (Å²) in [6, 6.07) is -1.01. The fourth-order valence-corrected chi connectivity index (χ4v) is 5.34. The fraction of sp³-hybridized carbons (Fsp3) is 1.00. The highest BCUT2D eigenvalue weighted by atomic mass is 16.7. The molecule has 0 aromatic rings. The molecule has 1 unspecified atom stereocenters. The molecule has 3 rings (SSSR count). The standard InChI is InChI=1S/C22H42N2O10/c1-6-11-12(25)13(26)14(27)21(32-11)33-17-9(2)7-10(23-4)18(15(17)28)34-20-16(29)19(24-5)22(3,30)8-31-20/h9-21,23-30H,6-8H2,1-5H3/t9-,10+,11+,12+,13-,14+,15-,16+,17?,18-,19+,20+,21+,22-/m0/s1. The molecule has 0 amide bonds. The molecule has 200 valence electrons. The van der Waals surface area contributed by atoms with Crippen LogP contribution < -0.4 is 10.6 Å². The van der Waals surface area contributed by atoms with E-state index in [1.165, 1.54) is 0 Å². The van der Waals surface area contributed by atoms with E-state index < -0.39 is 73.1 Å². The topological polar surface area (TPSA) is 182 Å². The number of hydrogen-bond donors (Lipinski definition) is 8. The van der Waals surface area contributed by atoms with Gasteiger partial charge in [-0.1, -0.05) is 13.8 Å². The van der Waals surface area contributed by atoms with Crippen LogP contribution in [0.3, 0.4) is 0 Å². The van der Waals surface area contributed by atoms with Crippen molar-refractivity contribution in [2.45, 2.75) is 113 Å². The van der Waals surface area contributed by atoms with Gasteiger partial charge < -0.3 is 60.2 Å². The van der Waals surface area contributed by atoms with E-state index in [0.29, 0.717) is 12.8 Å². The van der Waals surface area contributed by atoms with E-state index in [1.54, 1.807) is 27.9 Å². The minimum Gasteiger partial charge on any atom is -0.388 e. The van der Waals surface area contributed by atoms with Gasteiger partial charge in [0.25, 0.3) is 0 Å². The Morgan fingerprint density at radius 2 is 1.53 bits per heavy atom. The molecule has 3 fully saturated rings. The zero-order valence-corrected chi connectivity index (χ0v) is 20.4. The summed E-state index contributed by atoms with van der Waals surface area (Å²) in [6.07, 6.45) is -10.5. The van der Waals surface area contributed by atoms with Crippen LogP contribution in [-0.2, 0) is 18.9 Å². The Balaban J connectivity index is 1.75. The smallest absolute Gasteiger partial charge is 0.186 e. The Hall–Kier alpha value is -0.480. The van der Waals surface area contributed by atoms with Gasteiger partial charge in [-0.15, -0.1) is 0 Å². The van der Waals surface area contributed by atoms with Crippen LogP contribution in [0.1, 0.15) is 33.6 Å². The molecule has 0 aromatic carbocycles. The second-order valence-electron chi connectivity index (χ2n) is 10.0. The normalized spacial score (nSPS) is 52.5. The monoisotopic (exact) mass is 494 g/mol. The van der Waals surface area contributed by atoms with Crippen LogP contribution in [0, 0.1) is 5.92 Å². The van der Waals surface area contributed by atoms with Gasteiger partial charge in [-0.25, -0.2) is 0 Å². The number of ether oxygens (including phenoxy) is 4. The third-order valence-electron chi connectivity index (χ3n) is 7.42. The molecule has 12 heteroatoms. The third-order valence-corrected chi connectivity index (χ3v) is 7.42. The molecule has 0 bridgehead atoms. The molecule has 3 aliphatic rings. The molecule has 0 radical (unpaired) electrons. The van der Waals surface area contributed by atoms with E-state index >= 15 is 0 Å². The summed E-state index contributed by atoms with van der Waals surface area (Å²) in [5.41, 5.74) is -1.31. The van der Waals surface area contributed by atoms with E-state index in [9.17, 15) is 30.6 Å². The molecular formula is C22H42N2O10. The predicted molar refractivity (Wildman–Crippen MR) is 119 cm³/mol. The maximum Gasteiger partial charge on any atom is 0.186 e. The van der Waals surface area contributed by atoms with E-state index in [0.717, 1.165) is 0 Å². The van der Waals surface area contributed by atoms with Crippen molar-refractivity contribution in [1.82, 2.24) is 10.6 Å². The summed E-state index contributed by atoms with van der Waals surface area (Å²) < 4.78 is 23.3. The van der Waals surface area contributed by atoms with Crippen LogP contribution in [0.5, 0.6) is 0 Å². The van der Waals surface area contributed by atoms with Crippen molar-refractivity contribution in [3.8, 4) is 0 Å². The lowest BCUT2D eigenvalue weighted by Crippen LogP contribution is -2.67. The van der Waals surface area contributed by atoms with Gasteiger partial charge in [-0.2, -0.15) is 0 Å². The summed E-state index contributed by atoms with van der Waals surface area (Å²) in [4.78, 5) is 0. The molecule has 1 aliphatic carbocycles. The van der Waals surface area contributed by atoms with E-state index in [4.69, 9.17) is 18.9 Å². The van der Waals surface area contributed by atoms with Crippen LogP contribution in [-0.4, -0.2) is 130 Å². The number of nitrogens with one attached hydrogen (secondary N) is 2. The number of aliphatic hydroxyl groups excluding tert-OH is 5. The first kappa shape index (κ1) is 28.1. The summed E-state index contributed by atoms with van der Waals surface area (Å²) in [6.45, 7) is 5.13. The SMILES string of the molecule is CC[C@H]1O[C@H](OC2[C@@H](C)C[C@@H](NC)[C@H](O[C@H]3OC[C@](C)(O)[C@H](NC)[C@H]3O)[C@H]2O)[C@H](O)[C@@H](O)[C@@H]1O. The van der Waals surface area contributed by atoms with Gasteiger partial charge in [0.15, 0.2) is 12.6 Å². The van der Waals surface area contributed by atoms with Crippen molar-refractivity contribution in [1.29, 1.82) is 0 Å². The summed E-state index contributed by atoms with van der Waals surface area (Å²) in [5, 5.41) is 69.3. The lowest BCUT2D eigenvalue weighted by Gasteiger charge is -2.49. The van der Waals surface area contributed by atoms with Crippen LogP contribution in [0.25, 0.3) is 0 Å². The van der Waals surface area contributed by atoms with Gasteiger partial charge in [0.05, 0.1) is 24.9 Å². The maximum absolute atomic E-state index is 11.3. The predicted octanol–water partition coefficient (Wildman–Crippen LogP) is -2.98. The Morgan fingerprint density at radius 3 is 2.12 bits per heavy atom. The second-order valence-corrected chi connectivity index (χ2v) is 10.0. The molecule has 2 aliphatic heterocycles. The minimum atomic E-state index is -1.50. The van der Waals surface area contributed by atoms with Crippen LogP contribution in [0.15, 0.2) is 0 Å². The van der Waals surface area contributed by atoms with Crippen molar-refractivity contribution >= 4 is 0 Å². The van der Waals surface area contributed by atoms with Crippen molar-refractivity contribution in [2.24, 2.45) is 5.92 Å². The van der Waals surface area contributed by atoms with E-state index in [1.807, 2.05) is 6.92 Å². The Morgan fingerprint density at radius 1 is 0.882 bits per heavy atom. The summed E-state index contributed by atoms with van der Waals surface area (Å²) >= 11 is 0. The highest BCUT2D eigenvalue weighted by molar-refractivity contribution is 5.01.